The van der Waals surface area contributed by atoms with Crippen LogP contribution in [0, 0.1) is 5.41 Å². The van der Waals surface area contributed by atoms with Crippen LogP contribution < -0.4 is 5.73 Å². The highest BCUT2D eigenvalue weighted by Crippen LogP contribution is 2.50. The number of likely N-dealkylation sites (tertiary alicyclic amines) is 1. The van der Waals surface area contributed by atoms with Crippen LogP contribution in [0.4, 0.5) is 0 Å². The molecule has 2 aromatic heterocycles. The van der Waals surface area contributed by atoms with Crippen LogP contribution in [-0.4, -0.2) is 69.7 Å². The second kappa shape index (κ2) is 10.3. The van der Waals surface area contributed by atoms with Gasteiger partial charge in [-0.3, -0.25) is 4.98 Å². The molecule has 0 bridgehead atoms. The van der Waals surface area contributed by atoms with Crippen LogP contribution in [0.25, 0.3) is 11.4 Å². The van der Waals surface area contributed by atoms with Gasteiger partial charge in [0, 0.05) is 67.7 Å². The van der Waals surface area contributed by atoms with Crippen molar-refractivity contribution in [3.63, 3.8) is 0 Å². The first-order valence-corrected chi connectivity index (χ1v) is 13.4. The second-order valence-electron chi connectivity index (χ2n) is 11.4. The van der Waals surface area contributed by atoms with Gasteiger partial charge in [-0.15, -0.1) is 0 Å². The molecule has 0 amide bonds. The molecule has 0 aliphatic carbocycles. The Labute approximate surface area is 219 Å². The van der Waals surface area contributed by atoms with Gasteiger partial charge in [0.05, 0.1) is 6.54 Å². The second-order valence-corrected chi connectivity index (χ2v) is 11.4. The summed E-state index contributed by atoms with van der Waals surface area (Å²) in [5.41, 5.74) is 8.04. The quantitative estimate of drug-likeness (QED) is 0.484. The van der Waals surface area contributed by atoms with E-state index in [4.69, 9.17) is 20.6 Å². The predicted molar refractivity (Wildman–Crippen MR) is 144 cm³/mol. The van der Waals surface area contributed by atoms with E-state index >= 15 is 0 Å². The molecule has 0 spiro atoms. The number of rotatable bonds is 8. The zero-order valence-electron chi connectivity index (χ0n) is 22.5. The van der Waals surface area contributed by atoms with Crippen LogP contribution in [0.3, 0.4) is 0 Å². The van der Waals surface area contributed by atoms with E-state index in [2.05, 4.69) is 62.0 Å². The zero-order valence-corrected chi connectivity index (χ0v) is 22.5. The third kappa shape index (κ3) is 4.72. The van der Waals surface area contributed by atoms with Gasteiger partial charge < -0.3 is 20.5 Å². The number of ether oxygens (including phenoxy) is 1. The van der Waals surface area contributed by atoms with Gasteiger partial charge in [-0.05, 0) is 43.0 Å². The lowest BCUT2D eigenvalue weighted by molar-refractivity contribution is -0.127. The molecular formula is C29H40N6O2. The minimum absolute atomic E-state index is 0.304. The summed E-state index contributed by atoms with van der Waals surface area (Å²) in [5.74, 6) is 2.31. The fraction of sp³-hybridized carbons (Fsp3) is 0.552. The summed E-state index contributed by atoms with van der Waals surface area (Å²) < 4.78 is 7.50. The van der Waals surface area contributed by atoms with Crippen LogP contribution in [0.2, 0.25) is 0 Å². The van der Waals surface area contributed by atoms with Gasteiger partial charge in [0.1, 0.15) is 11.4 Å². The lowest BCUT2D eigenvalue weighted by Gasteiger charge is -2.55. The fourth-order valence-corrected chi connectivity index (χ4v) is 6.13. The number of benzene rings is 1. The molecular weight excluding hydrogens is 464 g/mol. The van der Waals surface area contributed by atoms with Crippen molar-refractivity contribution in [1.29, 1.82) is 0 Å². The maximum atomic E-state index is 12.6. The first kappa shape index (κ1) is 26.0. The van der Waals surface area contributed by atoms with Crippen molar-refractivity contribution in [1.82, 2.24) is 24.6 Å². The Kier molecular flexibility index (Phi) is 7.20. The van der Waals surface area contributed by atoms with Crippen molar-refractivity contribution < 1.29 is 9.84 Å². The molecule has 3 N–H and O–H groups in total. The van der Waals surface area contributed by atoms with E-state index in [1.807, 2.05) is 10.7 Å². The summed E-state index contributed by atoms with van der Waals surface area (Å²) in [4.78, 5) is 11.8. The Hall–Kier alpha value is -2.65. The standard InChI is InChI=1S/C29H40N6O2/c1-20(2)21-5-7-24(8-6-21)29(36,28(3)18-34(4)19-28)25-15-23(16-31-17-25)26-32-27(35(33-26)12-11-30)22-9-13-37-14-10-22/h5-8,15-17,20,22,36H,9-14,18-19,30H2,1-4H3. The number of aromatic nitrogens is 4. The van der Waals surface area contributed by atoms with E-state index in [1.54, 1.807) is 12.4 Å². The topological polar surface area (TPSA) is 102 Å². The van der Waals surface area contributed by atoms with Crippen LogP contribution >= 0.6 is 0 Å². The molecule has 1 aromatic carbocycles. The SMILES string of the molecule is CC(C)c1ccc(C(O)(c2cncc(-c3nc(C4CCOCC4)n(CCN)n3)c2)C2(C)CN(C)C2)cc1. The molecule has 2 aliphatic rings. The molecule has 1 unspecified atom stereocenters. The van der Waals surface area contributed by atoms with Gasteiger partial charge in [-0.25, -0.2) is 9.67 Å². The Morgan fingerprint density at radius 1 is 1.14 bits per heavy atom. The first-order valence-electron chi connectivity index (χ1n) is 13.4. The fourth-order valence-electron chi connectivity index (χ4n) is 6.13. The minimum atomic E-state index is -1.21. The number of nitrogens with two attached hydrogens (primary N) is 1. The summed E-state index contributed by atoms with van der Waals surface area (Å²) in [6.45, 7) is 10.7. The van der Waals surface area contributed by atoms with Crippen LogP contribution in [0.1, 0.15) is 68.0 Å². The lowest BCUT2D eigenvalue weighted by Crippen LogP contribution is -2.63. The monoisotopic (exact) mass is 504 g/mol. The van der Waals surface area contributed by atoms with Crippen LogP contribution in [0.15, 0.2) is 42.7 Å². The van der Waals surface area contributed by atoms with E-state index in [-0.39, 0.29) is 5.41 Å². The third-order valence-electron chi connectivity index (χ3n) is 8.15. The number of pyridine rings is 1. The first-order chi connectivity index (χ1) is 17.7. The summed E-state index contributed by atoms with van der Waals surface area (Å²) in [6, 6.07) is 10.4. The minimum Gasteiger partial charge on any atom is -0.381 e. The van der Waals surface area contributed by atoms with Gasteiger partial charge in [0.25, 0.3) is 0 Å². The van der Waals surface area contributed by atoms with Crippen molar-refractivity contribution in [3.05, 3.63) is 65.2 Å². The van der Waals surface area contributed by atoms with Crippen LogP contribution in [-0.2, 0) is 16.9 Å². The molecule has 4 heterocycles. The molecule has 3 aromatic rings. The lowest BCUT2D eigenvalue weighted by atomic mass is 9.62. The smallest absolute Gasteiger partial charge is 0.182 e. The highest BCUT2D eigenvalue weighted by molar-refractivity contribution is 5.56. The maximum absolute atomic E-state index is 12.6. The third-order valence-corrected chi connectivity index (χ3v) is 8.15. The van der Waals surface area contributed by atoms with Crippen molar-refractivity contribution in [3.8, 4) is 11.4 Å². The summed E-state index contributed by atoms with van der Waals surface area (Å²) in [6.07, 6.45) is 5.44. The average molecular weight is 505 g/mol. The number of hydrogen-bond acceptors (Lipinski definition) is 7. The molecule has 5 rings (SSSR count). The average Bonchev–Trinajstić information content (AvgIpc) is 3.32. The van der Waals surface area contributed by atoms with Gasteiger partial charge in [-0.1, -0.05) is 45.0 Å². The highest BCUT2D eigenvalue weighted by atomic mass is 16.5. The van der Waals surface area contributed by atoms with E-state index in [9.17, 15) is 5.11 Å². The zero-order chi connectivity index (χ0) is 26.2. The molecule has 1 atom stereocenters. The molecule has 198 valence electrons. The molecule has 37 heavy (non-hydrogen) atoms. The van der Waals surface area contributed by atoms with Crippen molar-refractivity contribution in [2.45, 2.75) is 57.6 Å². The predicted octanol–water partition coefficient (Wildman–Crippen LogP) is 3.50. The summed E-state index contributed by atoms with van der Waals surface area (Å²) in [5, 5.41) is 17.4. The summed E-state index contributed by atoms with van der Waals surface area (Å²) >= 11 is 0. The van der Waals surface area contributed by atoms with Crippen LogP contribution in [0.5, 0.6) is 0 Å². The Balaban J connectivity index is 1.56. The number of hydrogen-bond donors (Lipinski definition) is 2. The van der Waals surface area contributed by atoms with Crippen molar-refractivity contribution in [2.24, 2.45) is 11.1 Å². The number of nitrogens with zero attached hydrogens (tertiary/aromatic N) is 5. The number of aliphatic hydroxyl groups is 1. The van der Waals surface area contributed by atoms with Crippen molar-refractivity contribution >= 4 is 0 Å². The Morgan fingerprint density at radius 3 is 2.46 bits per heavy atom. The highest BCUT2D eigenvalue weighted by Gasteiger charge is 2.55. The summed E-state index contributed by atoms with van der Waals surface area (Å²) in [7, 11) is 2.09. The molecule has 0 saturated carbocycles. The van der Waals surface area contributed by atoms with E-state index in [0.717, 1.165) is 61.7 Å². The Morgan fingerprint density at radius 2 is 1.84 bits per heavy atom. The van der Waals surface area contributed by atoms with E-state index in [0.29, 0.717) is 30.7 Å². The van der Waals surface area contributed by atoms with E-state index < -0.39 is 5.60 Å². The van der Waals surface area contributed by atoms with Gasteiger partial charge in [-0.2, -0.15) is 5.10 Å². The molecule has 2 aliphatic heterocycles. The van der Waals surface area contributed by atoms with Gasteiger partial charge in [0.2, 0.25) is 0 Å². The van der Waals surface area contributed by atoms with E-state index in [1.165, 1.54) is 5.56 Å². The Bertz CT molecular complexity index is 1210. The van der Waals surface area contributed by atoms with Gasteiger partial charge in [0.15, 0.2) is 5.82 Å². The van der Waals surface area contributed by atoms with Crippen molar-refractivity contribution in [2.75, 3.05) is 39.9 Å². The normalized spacial score (nSPS) is 20.1. The maximum Gasteiger partial charge on any atom is 0.182 e. The molecule has 8 heteroatoms. The molecule has 0 radical (unpaired) electrons. The largest absolute Gasteiger partial charge is 0.381 e. The molecule has 2 fully saturated rings. The molecule has 8 nitrogen and oxygen atoms in total. The van der Waals surface area contributed by atoms with Gasteiger partial charge >= 0.3 is 0 Å². The molecule has 2 saturated heterocycles.